The molecule has 0 amide bonds. The number of hydrogen-bond acceptors (Lipinski definition) is 6. The van der Waals surface area contributed by atoms with E-state index in [-0.39, 0.29) is 17.3 Å². The molecule has 2 heterocycles. The number of hydrogen-bond donors (Lipinski definition) is 0. The first-order valence-electron chi connectivity index (χ1n) is 8.29. The van der Waals surface area contributed by atoms with Crippen LogP contribution in [-0.2, 0) is 0 Å². The minimum absolute atomic E-state index is 0.164. The molecular weight excluding hydrogens is 332 g/mol. The smallest absolute Gasteiger partial charge is 0.321 e. The van der Waals surface area contributed by atoms with E-state index in [1.54, 1.807) is 0 Å². The van der Waals surface area contributed by atoms with Crippen molar-refractivity contribution < 1.29 is 4.92 Å². The quantitative estimate of drug-likeness (QED) is 0.514. The van der Waals surface area contributed by atoms with Crippen molar-refractivity contribution in [2.75, 3.05) is 11.4 Å². The highest BCUT2D eigenvalue weighted by Gasteiger charge is 2.29. The van der Waals surface area contributed by atoms with E-state index in [0.717, 1.165) is 22.6 Å². The van der Waals surface area contributed by atoms with E-state index in [1.165, 1.54) is 11.0 Å². The molecule has 0 unspecified atom stereocenters. The van der Waals surface area contributed by atoms with E-state index in [4.69, 9.17) is 0 Å². The number of aryl methyl sites for hydroxylation is 3. The van der Waals surface area contributed by atoms with Crippen LogP contribution in [0, 0.1) is 30.9 Å². The van der Waals surface area contributed by atoms with Crippen molar-refractivity contribution in [3.8, 4) is 5.82 Å². The molecule has 0 radical (unpaired) electrons. The van der Waals surface area contributed by atoms with Crippen molar-refractivity contribution in [3.05, 3.63) is 63.7 Å². The van der Waals surface area contributed by atoms with Crippen molar-refractivity contribution in [2.45, 2.75) is 27.7 Å². The summed E-state index contributed by atoms with van der Waals surface area (Å²) in [6.07, 6.45) is 1.34. The second-order valence-corrected chi connectivity index (χ2v) is 6.05. The fraction of sp³-hybridized carbons (Fsp3) is 0.278. The third-order valence-electron chi connectivity index (χ3n) is 4.06. The summed E-state index contributed by atoms with van der Waals surface area (Å²) in [5.74, 6) is 0.414. The van der Waals surface area contributed by atoms with Gasteiger partial charge in [0, 0.05) is 17.9 Å². The predicted molar refractivity (Wildman–Crippen MR) is 99.1 cm³/mol. The van der Waals surface area contributed by atoms with Crippen LogP contribution < -0.4 is 4.90 Å². The number of aromatic nitrogens is 4. The summed E-state index contributed by atoms with van der Waals surface area (Å²) in [6, 6.07) is 9.63. The Morgan fingerprint density at radius 3 is 2.54 bits per heavy atom. The van der Waals surface area contributed by atoms with Gasteiger partial charge >= 0.3 is 5.69 Å². The van der Waals surface area contributed by atoms with Crippen LogP contribution in [0.1, 0.15) is 23.9 Å². The van der Waals surface area contributed by atoms with E-state index < -0.39 is 4.92 Å². The number of rotatable bonds is 5. The van der Waals surface area contributed by atoms with Crippen LogP contribution in [0.3, 0.4) is 0 Å². The molecule has 3 rings (SSSR count). The second kappa shape index (κ2) is 6.91. The van der Waals surface area contributed by atoms with Crippen molar-refractivity contribution in [1.82, 2.24) is 19.7 Å². The number of nitrogens with zero attached hydrogens (tertiary/aromatic N) is 6. The molecule has 0 fully saturated rings. The van der Waals surface area contributed by atoms with Gasteiger partial charge in [0.2, 0.25) is 11.6 Å². The molecule has 0 aliphatic rings. The Labute approximate surface area is 151 Å². The number of benzene rings is 1. The van der Waals surface area contributed by atoms with Gasteiger partial charge in [0.1, 0.15) is 6.33 Å². The van der Waals surface area contributed by atoms with Crippen LogP contribution in [0.5, 0.6) is 0 Å². The highest BCUT2D eigenvalue weighted by Crippen LogP contribution is 2.35. The Balaban J connectivity index is 2.23. The Morgan fingerprint density at radius 1 is 1.19 bits per heavy atom. The normalized spacial score (nSPS) is 10.8. The zero-order valence-electron chi connectivity index (χ0n) is 15.2. The van der Waals surface area contributed by atoms with Gasteiger partial charge in [-0.15, -0.1) is 0 Å². The first kappa shape index (κ1) is 17.5. The lowest BCUT2D eigenvalue weighted by atomic mass is 10.2. The van der Waals surface area contributed by atoms with Crippen LogP contribution in [0.15, 0.2) is 36.7 Å². The summed E-state index contributed by atoms with van der Waals surface area (Å²) >= 11 is 0. The lowest BCUT2D eigenvalue weighted by Crippen LogP contribution is -2.20. The summed E-state index contributed by atoms with van der Waals surface area (Å²) in [5, 5.41) is 16.3. The van der Waals surface area contributed by atoms with Gasteiger partial charge in [-0.25, -0.2) is 14.6 Å². The molecule has 0 aliphatic heterocycles. The highest BCUT2D eigenvalue weighted by molar-refractivity contribution is 5.72. The average Bonchev–Trinajstić information content (AvgIpc) is 2.93. The fourth-order valence-corrected chi connectivity index (χ4v) is 2.97. The lowest BCUT2D eigenvalue weighted by Gasteiger charge is -2.22. The Bertz CT molecular complexity index is 966. The SMILES string of the molecule is CCN(c1cccc(C)c1)c1ncnc(-n2nc(C)cc2C)c1[N+](=O)[O-]. The summed E-state index contributed by atoms with van der Waals surface area (Å²) < 4.78 is 1.49. The van der Waals surface area contributed by atoms with Crippen LogP contribution >= 0.6 is 0 Å². The second-order valence-electron chi connectivity index (χ2n) is 6.05. The molecular formula is C18H20N6O2. The molecule has 8 nitrogen and oxygen atoms in total. The molecule has 26 heavy (non-hydrogen) atoms. The third-order valence-corrected chi connectivity index (χ3v) is 4.06. The van der Waals surface area contributed by atoms with Gasteiger partial charge in [-0.05, 0) is 51.5 Å². The zero-order chi connectivity index (χ0) is 18.8. The van der Waals surface area contributed by atoms with E-state index in [9.17, 15) is 10.1 Å². The summed E-state index contributed by atoms with van der Waals surface area (Å²) in [4.78, 5) is 21.7. The molecule has 0 spiro atoms. The van der Waals surface area contributed by atoms with Gasteiger partial charge < -0.3 is 4.90 Å². The van der Waals surface area contributed by atoms with Crippen LogP contribution in [0.2, 0.25) is 0 Å². The number of nitro groups is 1. The van der Waals surface area contributed by atoms with Gasteiger partial charge in [-0.2, -0.15) is 5.10 Å². The summed E-state index contributed by atoms with van der Waals surface area (Å²) in [5.41, 5.74) is 3.28. The van der Waals surface area contributed by atoms with Crippen molar-refractivity contribution >= 4 is 17.2 Å². The monoisotopic (exact) mass is 352 g/mol. The van der Waals surface area contributed by atoms with Crippen molar-refractivity contribution in [3.63, 3.8) is 0 Å². The van der Waals surface area contributed by atoms with Crippen molar-refractivity contribution in [1.29, 1.82) is 0 Å². The maximum absolute atomic E-state index is 11.9. The Morgan fingerprint density at radius 2 is 1.96 bits per heavy atom. The minimum atomic E-state index is -0.445. The van der Waals surface area contributed by atoms with Crippen LogP contribution in [0.4, 0.5) is 17.2 Å². The largest absolute Gasteiger partial charge is 0.356 e. The molecule has 0 saturated heterocycles. The minimum Gasteiger partial charge on any atom is -0.321 e. The topological polar surface area (TPSA) is 90.0 Å². The Kier molecular flexibility index (Phi) is 4.66. The zero-order valence-corrected chi connectivity index (χ0v) is 15.2. The maximum atomic E-state index is 11.9. The molecule has 1 aromatic carbocycles. The molecule has 0 saturated carbocycles. The van der Waals surface area contributed by atoms with Gasteiger partial charge in [0.05, 0.1) is 10.6 Å². The van der Waals surface area contributed by atoms with Gasteiger partial charge in [-0.1, -0.05) is 12.1 Å². The van der Waals surface area contributed by atoms with Gasteiger partial charge in [0.15, 0.2) is 0 Å². The Hall–Kier alpha value is -3.29. The summed E-state index contributed by atoms with van der Waals surface area (Å²) in [7, 11) is 0. The molecule has 8 heteroatoms. The molecule has 0 atom stereocenters. The lowest BCUT2D eigenvalue weighted by molar-refractivity contribution is -0.384. The molecule has 0 N–H and O–H groups in total. The molecule has 0 bridgehead atoms. The van der Waals surface area contributed by atoms with E-state index in [0.29, 0.717) is 6.54 Å². The average molecular weight is 352 g/mol. The van der Waals surface area contributed by atoms with E-state index >= 15 is 0 Å². The molecule has 2 aromatic heterocycles. The summed E-state index contributed by atoms with van der Waals surface area (Å²) in [6.45, 7) is 8.11. The number of anilines is 2. The first-order chi connectivity index (χ1) is 12.4. The molecule has 0 aliphatic carbocycles. The first-order valence-corrected chi connectivity index (χ1v) is 8.29. The third kappa shape index (κ3) is 3.13. The van der Waals surface area contributed by atoms with Crippen molar-refractivity contribution in [2.24, 2.45) is 0 Å². The van der Waals surface area contributed by atoms with Crippen LogP contribution in [-0.4, -0.2) is 31.2 Å². The standard InChI is InChI=1S/C18H20N6O2/c1-5-22(15-8-6-7-12(2)9-15)17-16(24(25)26)18(20-11-19-17)23-14(4)10-13(3)21-23/h6-11H,5H2,1-4H3. The molecule has 3 aromatic rings. The van der Waals surface area contributed by atoms with Crippen LogP contribution in [0.25, 0.3) is 5.82 Å². The fourth-order valence-electron chi connectivity index (χ4n) is 2.97. The predicted octanol–water partition coefficient (Wildman–Crippen LogP) is 3.65. The maximum Gasteiger partial charge on any atom is 0.356 e. The molecule has 134 valence electrons. The van der Waals surface area contributed by atoms with E-state index in [1.807, 2.05) is 62.9 Å². The highest BCUT2D eigenvalue weighted by atomic mass is 16.6. The van der Waals surface area contributed by atoms with Gasteiger partial charge in [-0.3, -0.25) is 10.1 Å². The van der Waals surface area contributed by atoms with E-state index in [2.05, 4.69) is 15.1 Å². The van der Waals surface area contributed by atoms with Gasteiger partial charge in [0.25, 0.3) is 0 Å².